The minimum Gasteiger partial charge on any atom is -0.481 e. The minimum absolute atomic E-state index is 0.120. The molecule has 0 bridgehead atoms. The van der Waals surface area contributed by atoms with E-state index in [9.17, 15) is 13.2 Å². The molecule has 2 heterocycles. The van der Waals surface area contributed by atoms with E-state index in [-0.39, 0.29) is 22.1 Å². The van der Waals surface area contributed by atoms with E-state index in [1.165, 1.54) is 29.5 Å². The van der Waals surface area contributed by atoms with Crippen molar-refractivity contribution in [2.75, 3.05) is 18.6 Å². The van der Waals surface area contributed by atoms with Gasteiger partial charge in [-0.2, -0.15) is 4.98 Å². The van der Waals surface area contributed by atoms with Gasteiger partial charge in [0.05, 0.1) is 29.9 Å². The van der Waals surface area contributed by atoms with Gasteiger partial charge in [-0.15, -0.1) is 0 Å². The molecule has 0 saturated carbocycles. The summed E-state index contributed by atoms with van der Waals surface area (Å²) >= 11 is 1.36. The van der Waals surface area contributed by atoms with Crippen molar-refractivity contribution in [3.05, 3.63) is 46.8 Å². The number of nitrogens with zero attached hydrogens (tertiary/aromatic N) is 2. The number of rotatable bonds is 4. The smallest absolute Gasteiger partial charge is 0.258 e. The zero-order valence-corrected chi connectivity index (χ0v) is 13.4. The molecule has 3 rings (SSSR count). The van der Waals surface area contributed by atoms with Gasteiger partial charge in [0.25, 0.3) is 5.56 Å². The molecule has 22 heavy (non-hydrogen) atoms. The molecule has 1 unspecified atom stereocenters. The van der Waals surface area contributed by atoms with Gasteiger partial charge in [-0.05, 0) is 12.1 Å². The summed E-state index contributed by atoms with van der Waals surface area (Å²) < 4.78 is 31.3. The molecule has 8 heteroatoms. The molecule has 6 nitrogen and oxygen atoms in total. The van der Waals surface area contributed by atoms with Crippen molar-refractivity contribution in [3.63, 3.8) is 0 Å². The maximum Gasteiger partial charge on any atom is 0.258 e. The first kappa shape index (κ1) is 15.1. The first-order valence-electron chi connectivity index (χ1n) is 6.59. The number of sulfone groups is 1. The lowest BCUT2D eigenvalue weighted by molar-refractivity contribution is 0.383. The van der Waals surface area contributed by atoms with Crippen LogP contribution in [-0.2, 0) is 9.84 Å². The van der Waals surface area contributed by atoms with Crippen LogP contribution in [0, 0.1) is 0 Å². The predicted molar refractivity (Wildman–Crippen MR) is 83.3 cm³/mol. The van der Waals surface area contributed by atoms with Crippen LogP contribution in [0.2, 0.25) is 0 Å². The number of hydrogen-bond donors (Lipinski definition) is 0. The Hall–Kier alpha value is -1.80. The molecule has 2 aromatic rings. The van der Waals surface area contributed by atoms with Crippen LogP contribution in [0.3, 0.4) is 0 Å². The van der Waals surface area contributed by atoms with E-state index in [1.807, 2.05) is 0 Å². The molecule has 1 aromatic carbocycles. The van der Waals surface area contributed by atoms with Gasteiger partial charge >= 0.3 is 0 Å². The van der Waals surface area contributed by atoms with E-state index in [4.69, 9.17) is 4.74 Å². The van der Waals surface area contributed by atoms with Crippen LogP contribution in [-0.4, -0.2) is 36.6 Å². The van der Waals surface area contributed by atoms with Crippen LogP contribution >= 0.6 is 11.8 Å². The average molecular weight is 338 g/mol. The molecule has 0 spiro atoms. The van der Waals surface area contributed by atoms with Crippen LogP contribution in [0.25, 0.3) is 0 Å². The zero-order valence-electron chi connectivity index (χ0n) is 11.8. The topological polar surface area (TPSA) is 78.3 Å². The summed E-state index contributed by atoms with van der Waals surface area (Å²) in [4.78, 5) is 16.6. The lowest BCUT2D eigenvalue weighted by atomic mass is 10.4. The van der Waals surface area contributed by atoms with Crippen LogP contribution in [0.4, 0.5) is 0 Å². The molecule has 0 aliphatic carbocycles. The normalized spacial score (nSPS) is 17.2. The Kier molecular flexibility index (Phi) is 3.96. The van der Waals surface area contributed by atoms with Crippen molar-refractivity contribution in [2.24, 2.45) is 0 Å². The van der Waals surface area contributed by atoms with Crippen molar-refractivity contribution in [3.8, 4) is 5.88 Å². The maximum atomic E-state index is 12.5. The largest absolute Gasteiger partial charge is 0.481 e. The summed E-state index contributed by atoms with van der Waals surface area (Å²) in [7, 11) is -2.01. The molecule has 1 aliphatic rings. The Morgan fingerprint density at radius 1 is 1.36 bits per heavy atom. The SMILES string of the molecule is COc1cc(=O)n2c(n1)SCC2CS(=O)(=O)c1ccccc1. The molecular weight excluding hydrogens is 324 g/mol. The number of aromatic nitrogens is 2. The fourth-order valence-corrected chi connectivity index (χ4v) is 5.17. The lowest BCUT2D eigenvalue weighted by Gasteiger charge is -2.13. The second kappa shape index (κ2) is 5.77. The van der Waals surface area contributed by atoms with Gasteiger partial charge in [-0.1, -0.05) is 30.0 Å². The van der Waals surface area contributed by atoms with Crippen LogP contribution in [0.5, 0.6) is 5.88 Å². The van der Waals surface area contributed by atoms with E-state index in [2.05, 4.69) is 4.98 Å². The van der Waals surface area contributed by atoms with Crippen molar-refractivity contribution in [1.82, 2.24) is 9.55 Å². The quantitative estimate of drug-likeness (QED) is 0.784. The number of benzene rings is 1. The van der Waals surface area contributed by atoms with E-state index >= 15 is 0 Å². The molecule has 0 saturated heterocycles. The molecule has 0 N–H and O–H groups in total. The van der Waals surface area contributed by atoms with E-state index in [0.29, 0.717) is 10.9 Å². The lowest BCUT2D eigenvalue weighted by Crippen LogP contribution is -2.28. The van der Waals surface area contributed by atoms with Gasteiger partial charge in [0.15, 0.2) is 15.0 Å². The molecule has 1 atom stereocenters. The molecule has 116 valence electrons. The highest BCUT2D eigenvalue weighted by molar-refractivity contribution is 7.99. The Morgan fingerprint density at radius 3 is 2.77 bits per heavy atom. The monoisotopic (exact) mass is 338 g/mol. The number of ether oxygens (including phenoxy) is 1. The standard InChI is InChI=1S/C14H14N2O4S2/c1-20-12-7-13(17)16-10(8-21-14(16)15-12)9-22(18,19)11-5-3-2-4-6-11/h2-7,10H,8-9H2,1H3. The molecular formula is C14H14N2O4S2. The summed E-state index contributed by atoms with van der Waals surface area (Å²) in [5, 5.41) is 0.498. The molecule has 0 radical (unpaired) electrons. The van der Waals surface area contributed by atoms with E-state index < -0.39 is 15.9 Å². The van der Waals surface area contributed by atoms with Crippen LogP contribution < -0.4 is 10.3 Å². The third-order valence-electron chi connectivity index (χ3n) is 3.39. The Balaban J connectivity index is 1.93. The van der Waals surface area contributed by atoms with Gasteiger partial charge in [0, 0.05) is 5.75 Å². The van der Waals surface area contributed by atoms with Crippen molar-refractivity contribution >= 4 is 21.6 Å². The third-order valence-corrected chi connectivity index (χ3v) is 6.30. The Morgan fingerprint density at radius 2 is 2.09 bits per heavy atom. The summed E-state index contributed by atoms with van der Waals surface area (Å²) in [6.45, 7) is 0. The number of methoxy groups -OCH3 is 1. The Labute approximate surface area is 132 Å². The van der Waals surface area contributed by atoms with Crippen molar-refractivity contribution in [1.29, 1.82) is 0 Å². The first-order valence-corrected chi connectivity index (χ1v) is 9.23. The second-order valence-electron chi connectivity index (χ2n) is 4.85. The van der Waals surface area contributed by atoms with E-state index in [1.54, 1.807) is 30.3 Å². The van der Waals surface area contributed by atoms with E-state index in [0.717, 1.165) is 0 Å². The summed E-state index contributed by atoms with van der Waals surface area (Å²) in [5.41, 5.74) is -0.292. The van der Waals surface area contributed by atoms with Crippen LogP contribution in [0.1, 0.15) is 6.04 Å². The fraction of sp³-hybridized carbons (Fsp3) is 0.286. The highest BCUT2D eigenvalue weighted by Gasteiger charge is 2.30. The van der Waals surface area contributed by atoms with Gasteiger partial charge < -0.3 is 4.74 Å². The molecule has 1 aliphatic heterocycles. The number of thioether (sulfide) groups is 1. The second-order valence-corrected chi connectivity index (χ2v) is 7.87. The average Bonchev–Trinajstić information content (AvgIpc) is 2.91. The highest BCUT2D eigenvalue weighted by atomic mass is 32.2. The minimum atomic E-state index is -3.45. The van der Waals surface area contributed by atoms with Gasteiger partial charge in [-0.25, -0.2) is 8.42 Å². The maximum absolute atomic E-state index is 12.5. The first-order chi connectivity index (χ1) is 10.5. The summed E-state index contributed by atoms with van der Waals surface area (Å²) in [6.07, 6.45) is 0. The summed E-state index contributed by atoms with van der Waals surface area (Å²) in [6, 6.07) is 9.11. The zero-order chi connectivity index (χ0) is 15.7. The van der Waals surface area contributed by atoms with Crippen molar-refractivity contribution < 1.29 is 13.2 Å². The fourth-order valence-electron chi connectivity index (χ4n) is 2.34. The molecule has 0 fully saturated rings. The summed E-state index contributed by atoms with van der Waals surface area (Å²) in [5.74, 6) is 0.627. The van der Waals surface area contributed by atoms with Crippen LogP contribution in [0.15, 0.2) is 51.2 Å². The van der Waals surface area contributed by atoms with Gasteiger partial charge in [0.1, 0.15) is 0 Å². The van der Waals surface area contributed by atoms with Crippen molar-refractivity contribution in [2.45, 2.75) is 16.1 Å². The predicted octanol–water partition coefficient (Wildman–Crippen LogP) is 1.37. The number of fused-ring (bicyclic) bond motifs is 1. The third kappa shape index (κ3) is 2.76. The number of hydrogen-bond acceptors (Lipinski definition) is 6. The Bertz CT molecular complexity index is 847. The molecule has 1 aromatic heterocycles. The van der Waals surface area contributed by atoms with Gasteiger partial charge in [0.2, 0.25) is 5.88 Å². The van der Waals surface area contributed by atoms with Gasteiger partial charge in [-0.3, -0.25) is 9.36 Å². The highest BCUT2D eigenvalue weighted by Crippen LogP contribution is 2.32. The molecule has 0 amide bonds.